The molecule has 0 spiro atoms. The van der Waals surface area contributed by atoms with Crippen molar-refractivity contribution in [2.24, 2.45) is 4.99 Å². The zero-order valence-corrected chi connectivity index (χ0v) is 16.5. The van der Waals surface area contributed by atoms with E-state index in [1.165, 1.54) is 4.31 Å². The first-order valence-corrected chi connectivity index (χ1v) is 9.47. The summed E-state index contributed by atoms with van der Waals surface area (Å²) in [6, 6.07) is 6.84. The lowest BCUT2D eigenvalue weighted by molar-refractivity contribution is 0.410. The molecule has 0 radical (unpaired) electrons. The summed E-state index contributed by atoms with van der Waals surface area (Å²) in [6.45, 7) is 10.4. The molecule has 24 heavy (non-hydrogen) atoms. The minimum absolute atomic E-state index is 0.0804. The number of aliphatic imine (C=N–C) groups is 1. The molecule has 0 aliphatic carbocycles. The third-order valence-electron chi connectivity index (χ3n) is 3.50. The number of benzene rings is 1. The maximum atomic E-state index is 12.4. The molecule has 0 saturated carbocycles. The van der Waals surface area contributed by atoms with Gasteiger partial charge in [0, 0.05) is 32.2 Å². The van der Waals surface area contributed by atoms with E-state index in [9.17, 15) is 8.42 Å². The van der Waals surface area contributed by atoms with Crippen molar-refractivity contribution < 1.29 is 8.42 Å². The van der Waals surface area contributed by atoms with Crippen molar-refractivity contribution in [1.29, 1.82) is 0 Å². The normalized spacial score (nSPS) is 13.5. The third-order valence-corrected chi connectivity index (χ3v) is 5.55. The molecule has 1 aromatic rings. The molecule has 0 unspecified atom stereocenters. The molecule has 0 amide bonds. The molecule has 1 rings (SSSR count). The van der Waals surface area contributed by atoms with Crippen molar-refractivity contribution in [3.8, 4) is 0 Å². The largest absolute Gasteiger partial charge is 0.352 e. The number of nitrogens with one attached hydrogen (secondary N) is 2. The van der Waals surface area contributed by atoms with Gasteiger partial charge in [-0.15, -0.1) is 0 Å². The van der Waals surface area contributed by atoms with Gasteiger partial charge in [-0.3, -0.25) is 4.99 Å². The van der Waals surface area contributed by atoms with Gasteiger partial charge >= 0.3 is 0 Å². The van der Waals surface area contributed by atoms with Crippen LogP contribution in [0.3, 0.4) is 0 Å². The fourth-order valence-corrected chi connectivity index (χ4v) is 3.31. The van der Waals surface area contributed by atoms with Crippen LogP contribution in [0, 0.1) is 0 Å². The molecule has 0 heterocycles. The van der Waals surface area contributed by atoms with Gasteiger partial charge in [0.1, 0.15) is 0 Å². The lowest BCUT2D eigenvalue weighted by Crippen LogP contribution is -2.47. The summed E-state index contributed by atoms with van der Waals surface area (Å²) < 4.78 is 26.2. The molecule has 6 nitrogen and oxygen atoms in total. The molecule has 1 aromatic carbocycles. The molecule has 0 saturated heterocycles. The summed E-state index contributed by atoms with van der Waals surface area (Å²) in [5, 5.41) is 6.50. The molecule has 136 valence electrons. The highest BCUT2D eigenvalue weighted by Gasteiger charge is 2.22. The second-order valence-electron chi connectivity index (χ2n) is 7.06. The van der Waals surface area contributed by atoms with Gasteiger partial charge in [-0.05, 0) is 52.3 Å². The van der Waals surface area contributed by atoms with E-state index in [4.69, 9.17) is 0 Å². The standard InChI is InChI=1S/C17H30N4O2S/c1-13(2)21(7)24(22,23)15-10-8-14(9-11-15)12-19-16(18-6)20-17(3,4)5/h8-11,13H,12H2,1-7H3,(H2,18,19,20). The van der Waals surface area contributed by atoms with Crippen LogP contribution in [-0.4, -0.2) is 44.4 Å². The fourth-order valence-electron chi connectivity index (χ4n) is 1.94. The average molecular weight is 355 g/mol. The van der Waals surface area contributed by atoms with Gasteiger partial charge < -0.3 is 10.6 Å². The molecule has 2 N–H and O–H groups in total. The smallest absolute Gasteiger partial charge is 0.243 e. The predicted octanol–water partition coefficient (Wildman–Crippen LogP) is 2.18. The maximum absolute atomic E-state index is 12.4. The summed E-state index contributed by atoms with van der Waals surface area (Å²) in [7, 11) is -0.123. The van der Waals surface area contributed by atoms with Gasteiger partial charge in [-0.2, -0.15) is 4.31 Å². The van der Waals surface area contributed by atoms with Crippen molar-refractivity contribution in [1.82, 2.24) is 14.9 Å². The Morgan fingerprint density at radius 3 is 2.17 bits per heavy atom. The zero-order chi connectivity index (χ0) is 18.5. The number of hydrogen-bond acceptors (Lipinski definition) is 3. The van der Waals surface area contributed by atoms with E-state index in [0.29, 0.717) is 17.4 Å². The average Bonchev–Trinajstić information content (AvgIpc) is 2.49. The van der Waals surface area contributed by atoms with Gasteiger partial charge in [-0.25, -0.2) is 8.42 Å². The summed E-state index contributed by atoms with van der Waals surface area (Å²) in [5.74, 6) is 0.707. The molecule has 0 aliphatic rings. The molecular weight excluding hydrogens is 324 g/mol. The van der Waals surface area contributed by atoms with E-state index in [-0.39, 0.29) is 11.6 Å². The van der Waals surface area contributed by atoms with Gasteiger partial charge in [0.2, 0.25) is 10.0 Å². The van der Waals surface area contributed by atoms with Crippen LogP contribution in [0.5, 0.6) is 0 Å². The van der Waals surface area contributed by atoms with E-state index < -0.39 is 10.0 Å². The Hall–Kier alpha value is -1.60. The minimum Gasteiger partial charge on any atom is -0.352 e. The minimum atomic E-state index is -3.44. The van der Waals surface area contributed by atoms with Crippen LogP contribution < -0.4 is 10.6 Å². The van der Waals surface area contributed by atoms with Gasteiger partial charge in [-0.1, -0.05) is 12.1 Å². The molecule has 7 heteroatoms. The van der Waals surface area contributed by atoms with Crippen LogP contribution in [0.4, 0.5) is 0 Å². The highest BCUT2D eigenvalue weighted by atomic mass is 32.2. The Kier molecular flexibility index (Phi) is 6.80. The number of hydrogen-bond donors (Lipinski definition) is 2. The summed E-state index contributed by atoms with van der Waals surface area (Å²) >= 11 is 0. The number of nitrogens with zero attached hydrogens (tertiary/aromatic N) is 2. The summed E-state index contributed by atoms with van der Waals surface area (Å²) in [6.07, 6.45) is 0. The number of rotatable bonds is 5. The van der Waals surface area contributed by atoms with Gasteiger partial charge in [0.25, 0.3) is 0 Å². The van der Waals surface area contributed by atoms with Crippen molar-refractivity contribution in [2.45, 2.75) is 57.6 Å². The Morgan fingerprint density at radius 1 is 1.21 bits per heavy atom. The van der Waals surface area contributed by atoms with Crippen molar-refractivity contribution >= 4 is 16.0 Å². The Labute approximate surface area is 146 Å². The third kappa shape index (κ3) is 5.79. The predicted molar refractivity (Wildman–Crippen MR) is 99.6 cm³/mol. The molecular formula is C17H30N4O2S. The Morgan fingerprint density at radius 2 is 1.75 bits per heavy atom. The molecule has 0 fully saturated rings. The zero-order valence-electron chi connectivity index (χ0n) is 15.7. The van der Waals surface area contributed by atoms with Crippen LogP contribution in [0.1, 0.15) is 40.2 Å². The maximum Gasteiger partial charge on any atom is 0.243 e. The molecule has 0 bridgehead atoms. The quantitative estimate of drug-likeness (QED) is 0.628. The summed E-state index contributed by atoms with van der Waals surface area (Å²) in [5.41, 5.74) is 0.902. The topological polar surface area (TPSA) is 73.8 Å². The molecule has 0 aromatic heterocycles. The van der Waals surface area contributed by atoms with Crippen LogP contribution >= 0.6 is 0 Å². The van der Waals surface area contributed by atoms with Gasteiger partial charge in [0.15, 0.2) is 5.96 Å². The Bertz CT molecular complexity index is 659. The van der Waals surface area contributed by atoms with E-state index in [1.54, 1.807) is 26.2 Å². The van der Waals surface area contributed by atoms with Gasteiger partial charge in [0.05, 0.1) is 4.90 Å². The highest BCUT2D eigenvalue weighted by Crippen LogP contribution is 2.17. The van der Waals surface area contributed by atoms with Crippen molar-refractivity contribution in [3.63, 3.8) is 0 Å². The van der Waals surface area contributed by atoms with Crippen LogP contribution in [0.2, 0.25) is 0 Å². The second-order valence-corrected chi connectivity index (χ2v) is 9.06. The van der Waals surface area contributed by atoms with E-state index in [0.717, 1.165) is 5.56 Å². The summed E-state index contributed by atoms with van der Waals surface area (Å²) in [4.78, 5) is 4.48. The van der Waals surface area contributed by atoms with Crippen LogP contribution in [0.25, 0.3) is 0 Å². The molecule has 0 atom stereocenters. The SMILES string of the molecule is CN=C(NCc1ccc(S(=O)(=O)N(C)C(C)C)cc1)NC(C)(C)C. The number of sulfonamides is 1. The number of guanidine groups is 1. The van der Waals surface area contributed by atoms with E-state index in [2.05, 4.69) is 36.4 Å². The fraction of sp³-hybridized carbons (Fsp3) is 0.588. The van der Waals surface area contributed by atoms with E-state index >= 15 is 0 Å². The monoisotopic (exact) mass is 354 g/mol. The van der Waals surface area contributed by atoms with E-state index in [1.807, 2.05) is 26.0 Å². The van der Waals surface area contributed by atoms with Crippen LogP contribution in [0.15, 0.2) is 34.2 Å². The molecule has 0 aliphatic heterocycles. The van der Waals surface area contributed by atoms with Crippen molar-refractivity contribution in [2.75, 3.05) is 14.1 Å². The highest BCUT2D eigenvalue weighted by molar-refractivity contribution is 7.89. The van der Waals surface area contributed by atoms with Crippen molar-refractivity contribution in [3.05, 3.63) is 29.8 Å². The first-order chi connectivity index (χ1) is 11.0. The van der Waals surface area contributed by atoms with Crippen LogP contribution in [-0.2, 0) is 16.6 Å². The first-order valence-electron chi connectivity index (χ1n) is 8.03. The lowest BCUT2D eigenvalue weighted by Gasteiger charge is -2.24. The Balaban J connectivity index is 2.79. The second kappa shape index (κ2) is 7.98. The first kappa shape index (κ1) is 20.4. The lowest BCUT2D eigenvalue weighted by atomic mass is 10.1.